The van der Waals surface area contributed by atoms with Crippen LogP contribution in [0.5, 0.6) is 11.6 Å². The zero-order valence-corrected chi connectivity index (χ0v) is 14.8. The standard InChI is InChI=1S/C19H17N5O3/c1-3-26-11-4-5-14-10(6-11)7-12(18(25)22-14)16-13(8-20)17(21)27-19-15(16)9(2)23-24-19/h4-7,16H,3,21H2,1-2H3,(H,22,25)(H,23,24)/t16-/m0/s1. The second kappa shape index (κ2) is 6.21. The molecule has 1 aromatic carbocycles. The van der Waals surface area contributed by atoms with Crippen molar-refractivity contribution in [2.45, 2.75) is 19.8 Å². The van der Waals surface area contributed by atoms with Gasteiger partial charge in [0.05, 0.1) is 12.5 Å². The minimum absolute atomic E-state index is 0.0518. The molecule has 0 spiro atoms. The van der Waals surface area contributed by atoms with Gasteiger partial charge in [-0.05, 0) is 38.1 Å². The number of rotatable bonds is 3. The van der Waals surface area contributed by atoms with Gasteiger partial charge in [0, 0.05) is 27.7 Å². The van der Waals surface area contributed by atoms with E-state index in [0.717, 1.165) is 5.39 Å². The van der Waals surface area contributed by atoms with Crippen LogP contribution in [0.2, 0.25) is 0 Å². The van der Waals surface area contributed by atoms with Crippen LogP contribution in [0.15, 0.2) is 40.5 Å². The van der Waals surface area contributed by atoms with Crippen LogP contribution in [0, 0.1) is 18.3 Å². The molecule has 0 saturated carbocycles. The molecule has 1 atom stereocenters. The van der Waals surface area contributed by atoms with Crippen LogP contribution in [-0.4, -0.2) is 21.8 Å². The maximum absolute atomic E-state index is 12.8. The zero-order chi connectivity index (χ0) is 19.1. The molecule has 8 nitrogen and oxygen atoms in total. The molecule has 0 bridgehead atoms. The number of nitrogens with two attached hydrogens (primary N) is 1. The molecule has 2 aromatic heterocycles. The lowest BCUT2D eigenvalue weighted by molar-refractivity contribution is 0.340. The average molecular weight is 363 g/mol. The first kappa shape index (κ1) is 16.7. The first-order chi connectivity index (χ1) is 13.0. The Balaban J connectivity index is 1.97. The minimum atomic E-state index is -0.665. The van der Waals surface area contributed by atoms with Crippen molar-refractivity contribution in [3.8, 4) is 17.7 Å². The van der Waals surface area contributed by atoms with E-state index >= 15 is 0 Å². The number of hydrogen-bond acceptors (Lipinski definition) is 6. The molecule has 0 fully saturated rings. The highest BCUT2D eigenvalue weighted by atomic mass is 16.5. The molecule has 1 aliphatic rings. The number of hydrogen-bond donors (Lipinski definition) is 3. The minimum Gasteiger partial charge on any atom is -0.494 e. The van der Waals surface area contributed by atoms with Crippen molar-refractivity contribution in [1.29, 1.82) is 5.26 Å². The molecule has 27 heavy (non-hydrogen) atoms. The highest BCUT2D eigenvalue weighted by Gasteiger charge is 2.35. The topological polar surface area (TPSA) is 130 Å². The Hall–Kier alpha value is -3.73. The molecule has 3 heterocycles. The number of nitriles is 1. The molecule has 3 aromatic rings. The number of benzene rings is 1. The summed E-state index contributed by atoms with van der Waals surface area (Å²) >= 11 is 0. The summed E-state index contributed by atoms with van der Waals surface area (Å²) in [6, 6.07) is 9.27. The molecule has 8 heteroatoms. The molecular weight excluding hydrogens is 346 g/mol. The summed E-state index contributed by atoms with van der Waals surface area (Å²) in [5.74, 6) is 0.257. The smallest absolute Gasteiger partial charge is 0.252 e. The Labute approximate surface area is 154 Å². The summed E-state index contributed by atoms with van der Waals surface area (Å²) in [6.07, 6.45) is 0. The SMILES string of the molecule is CCOc1ccc2[nH]c(=O)c([C@H]3C(C#N)=C(N)Oc4n[nH]c(C)c43)cc2c1. The van der Waals surface area contributed by atoms with Crippen molar-refractivity contribution < 1.29 is 9.47 Å². The summed E-state index contributed by atoms with van der Waals surface area (Å²) in [6.45, 7) is 4.25. The quantitative estimate of drug-likeness (QED) is 0.654. The highest BCUT2D eigenvalue weighted by molar-refractivity contribution is 5.81. The normalized spacial score (nSPS) is 16.0. The molecule has 4 N–H and O–H groups in total. The number of ether oxygens (including phenoxy) is 2. The monoisotopic (exact) mass is 363 g/mol. The fourth-order valence-corrected chi connectivity index (χ4v) is 3.38. The third-order valence-electron chi connectivity index (χ3n) is 4.60. The molecule has 0 aliphatic carbocycles. The Morgan fingerprint density at radius 1 is 1.41 bits per heavy atom. The molecule has 4 rings (SSSR count). The second-order valence-electron chi connectivity index (χ2n) is 6.23. The molecule has 136 valence electrons. The lowest BCUT2D eigenvalue weighted by atomic mass is 9.84. The van der Waals surface area contributed by atoms with Crippen LogP contribution in [0.3, 0.4) is 0 Å². The Morgan fingerprint density at radius 2 is 2.22 bits per heavy atom. The van der Waals surface area contributed by atoms with Crippen LogP contribution < -0.4 is 20.8 Å². The number of fused-ring (bicyclic) bond motifs is 2. The molecule has 0 radical (unpaired) electrons. The van der Waals surface area contributed by atoms with Crippen LogP contribution in [0.25, 0.3) is 10.9 Å². The zero-order valence-electron chi connectivity index (χ0n) is 14.8. The van der Waals surface area contributed by atoms with E-state index in [2.05, 4.69) is 21.3 Å². The van der Waals surface area contributed by atoms with E-state index in [4.69, 9.17) is 15.2 Å². The molecule has 0 unspecified atom stereocenters. The van der Waals surface area contributed by atoms with Gasteiger partial charge >= 0.3 is 0 Å². The van der Waals surface area contributed by atoms with E-state index < -0.39 is 5.92 Å². The van der Waals surface area contributed by atoms with Crippen molar-refractivity contribution in [1.82, 2.24) is 15.2 Å². The van der Waals surface area contributed by atoms with E-state index in [1.807, 2.05) is 13.0 Å². The van der Waals surface area contributed by atoms with Gasteiger partial charge < -0.3 is 20.2 Å². The first-order valence-electron chi connectivity index (χ1n) is 8.45. The number of allylic oxidation sites excluding steroid dienone is 1. The van der Waals surface area contributed by atoms with Crippen molar-refractivity contribution >= 4 is 10.9 Å². The first-order valence-corrected chi connectivity index (χ1v) is 8.45. The Kier molecular flexibility index (Phi) is 3.85. The highest BCUT2D eigenvalue weighted by Crippen LogP contribution is 2.41. The van der Waals surface area contributed by atoms with Gasteiger partial charge in [-0.15, -0.1) is 5.10 Å². The van der Waals surface area contributed by atoms with Crippen LogP contribution in [-0.2, 0) is 0 Å². The fourth-order valence-electron chi connectivity index (χ4n) is 3.38. The maximum atomic E-state index is 12.8. The summed E-state index contributed by atoms with van der Waals surface area (Å²) < 4.78 is 11.0. The van der Waals surface area contributed by atoms with E-state index in [1.165, 1.54) is 0 Å². The number of nitrogens with one attached hydrogen (secondary N) is 2. The lowest BCUT2D eigenvalue weighted by Gasteiger charge is -2.23. The van der Waals surface area contributed by atoms with Gasteiger partial charge in [0.2, 0.25) is 11.8 Å². The van der Waals surface area contributed by atoms with Crippen LogP contribution >= 0.6 is 0 Å². The Morgan fingerprint density at radius 3 is 2.96 bits per heavy atom. The lowest BCUT2D eigenvalue weighted by Crippen LogP contribution is -2.25. The number of aromatic amines is 2. The van der Waals surface area contributed by atoms with Gasteiger partial charge in [0.1, 0.15) is 17.4 Å². The number of aryl methyl sites for hydroxylation is 1. The number of nitrogens with zero attached hydrogens (tertiary/aromatic N) is 2. The van der Waals surface area contributed by atoms with E-state index in [9.17, 15) is 10.1 Å². The van der Waals surface area contributed by atoms with Gasteiger partial charge in [-0.1, -0.05) is 0 Å². The predicted molar refractivity (Wildman–Crippen MR) is 98.4 cm³/mol. The van der Waals surface area contributed by atoms with E-state index in [0.29, 0.717) is 34.7 Å². The third-order valence-corrected chi connectivity index (χ3v) is 4.60. The summed E-state index contributed by atoms with van der Waals surface area (Å²) in [4.78, 5) is 15.7. The fraction of sp³-hybridized carbons (Fsp3) is 0.211. The van der Waals surface area contributed by atoms with Gasteiger partial charge in [-0.25, -0.2) is 0 Å². The van der Waals surface area contributed by atoms with Crippen molar-refractivity contribution in [2.24, 2.45) is 5.73 Å². The largest absolute Gasteiger partial charge is 0.494 e. The molecule has 0 amide bonds. The van der Waals surface area contributed by atoms with Gasteiger partial charge in [-0.2, -0.15) is 5.26 Å². The number of aromatic nitrogens is 3. The van der Waals surface area contributed by atoms with Crippen LogP contribution in [0.4, 0.5) is 0 Å². The summed E-state index contributed by atoms with van der Waals surface area (Å²) in [7, 11) is 0. The third kappa shape index (κ3) is 2.60. The van der Waals surface area contributed by atoms with Gasteiger partial charge in [0.15, 0.2) is 0 Å². The second-order valence-corrected chi connectivity index (χ2v) is 6.23. The van der Waals surface area contributed by atoms with E-state index in [-0.39, 0.29) is 22.9 Å². The maximum Gasteiger partial charge on any atom is 0.252 e. The van der Waals surface area contributed by atoms with E-state index in [1.54, 1.807) is 25.1 Å². The summed E-state index contributed by atoms with van der Waals surface area (Å²) in [5.41, 5.74) is 8.20. The van der Waals surface area contributed by atoms with Crippen molar-refractivity contribution in [3.63, 3.8) is 0 Å². The van der Waals surface area contributed by atoms with Crippen molar-refractivity contribution in [3.05, 3.63) is 62.9 Å². The van der Waals surface area contributed by atoms with Crippen molar-refractivity contribution in [2.75, 3.05) is 6.61 Å². The number of H-pyrrole nitrogens is 2. The predicted octanol–water partition coefficient (Wildman–Crippen LogP) is 2.18. The Bertz CT molecular complexity index is 1180. The summed E-state index contributed by atoms with van der Waals surface area (Å²) in [5, 5.41) is 17.3. The average Bonchev–Trinajstić information content (AvgIpc) is 3.01. The van der Waals surface area contributed by atoms with Gasteiger partial charge in [-0.3, -0.25) is 9.89 Å². The molecule has 0 saturated heterocycles. The molecule has 1 aliphatic heterocycles. The molecular formula is C19H17N5O3. The number of pyridine rings is 1. The van der Waals surface area contributed by atoms with Gasteiger partial charge in [0.25, 0.3) is 5.56 Å². The van der Waals surface area contributed by atoms with Crippen LogP contribution in [0.1, 0.15) is 29.7 Å².